The number of fused-ring (bicyclic) bond motifs is 8. The van der Waals surface area contributed by atoms with E-state index in [1.807, 2.05) is 0 Å². The summed E-state index contributed by atoms with van der Waals surface area (Å²) in [4.78, 5) is 2.56. The van der Waals surface area contributed by atoms with Gasteiger partial charge in [-0.05, 0) is 59.5 Å². The summed E-state index contributed by atoms with van der Waals surface area (Å²) >= 11 is 0. The molecule has 0 fully saturated rings. The zero-order chi connectivity index (χ0) is 31.4. The van der Waals surface area contributed by atoms with Gasteiger partial charge in [0.25, 0.3) is 11.5 Å². The third-order valence-electron chi connectivity index (χ3n) is 11.8. The van der Waals surface area contributed by atoms with E-state index in [-0.39, 0.29) is 10.8 Å². The molecule has 1 unspecified atom stereocenters. The van der Waals surface area contributed by atoms with Crippen LogP contribution in [0.15, 0.2) is 103 Å². The molecule has 0 radical (unpaired) electrons. The van der Waals surface area contributed by atoms with Crippen LogP contribution in [-0.2, 0) is 16.5 Å². The Balaban J connectivity index is 1.39. The number of pyridine rings is 2. The minimum atomic E-state index is -0.663. The first-order valence-corrected chi connectivity index (χ1v) is 16.7. The molecule has 5 aliphatic rings. The van der Waals surface area contributed by atoms with Gasteiger partial charge < -0.3 is 9.30 Å². The Morgan fingerprint density at radius 1 is 0.660 bits per heavy atom. The summed E-state index contributed by atoms with van der Waals surface area (Å²) in [6.07, 6.45) is 0. The highest BCUT2D eigenvalue weighted by Crippen LogP contribution is 2.62. The molecule has 5 aliphatic heterocycles. The molecule has 0 bridgehead atoms. The predicted molar refractivity (Wildman–Crippen MR) is 184 cm³/mol. The van der Waals surface area contributed by atoms with Crippen LogP contribution in [0.4, 0.5) is 17.2 Å². The number of para-hydroxylation sites is 2. The lowest BCUT2D eigenvalue weighted by atomic mass is 9.72. The molecule has 47 heavy (non-hydrogen) atoms. The standard InChI is InChI=1S/C42H32N4O/c1-40(2,3)23-21-33-30-19-18-27-39-44(29-14-9-7-12-26(29)41(27,4)5)32-16-10-15-31-36(32)42(46(30)39)37-34(47-35(22-23)45(33)42)20-17-25-24-11-6-8-13-28(24)43(31)38(25)37/h6-22H,1-5H3/q+2. The highest BCUT2D eigenvalue weighted by Gasteiger charge is 2.73. The average molecular weight is 609 g/mol. The van der Waals surface area contributed by atoms with Crippen molar-refractivity contribution in [2.45, 2.75) is 51.1 Å². The second-order valence-corrected chi connectivity index (χ2v) is 15.5. The topological polar surface area (TPSA) is 25.2 Å². The molecule has 4 aromatic carbocycles. The van der Waals surface area contributed by atoms with E-state index in [2.05, 4.69) is 156 Å². The van der Waals surface area contributed by atoms with Gasteiger partial charge >= 0.3 is 11.5 Å². The van der Waals surface area contributed by atoms with Crippen LogP contribution in [-0.4, -0.2) is 4.57 Å². The second kappa shape index (κ2) is 7.26. The van der Waals surface area contributed by atoms with E-state index >= 15 is 0 Å². The number of hydrogen-bond acceptors (Lipinski definition) is 2. The zero-order valence-corrected chi connectivity index (χ0v) is 27.0. The molecule has 224 valence electrons. The van der Waals surface area contributed by atoms with Crippen LogP contribution in [0, 0.1) is 0 Å². The van der Waals surface area contributed by atoms with Crippen molar-refractivity contribution in [3.8, 4) is 28.7 Å². The van der Waals surface area contributed by atoms with Gasteiger partial charge in [-0.1, -0.05) is 77.1 Å². The highest BCUT2D eigenvalue weighted by molar-refractivity contribution is 6.12. The van der Waals surface area contributed by atoms with Gasteiger partial charge in [0.2, 0.25) is 5.69 Å². The van der Waals surface area contributed by atoms with Crippen molar-refractivity contribution >= 4 is 39.0 Å². The fourth-order valence-corrected chi connectivity index (χ4v) is 9.84. The highest BCUT2D eigenvalue weighted by atomic mass is 16.5. The molecular formula is C42H32N4O+2. The number of benzene rings is 4. The minimum absolute atomic E-state index is 0.0519. The molecule has 0 aliphatic carbocycles. The van der Waals surface area contributed by atoms with Crippen molar-refractivity contribution in [1.82, 2.24) is 4.57 Å². The van der Waals surface area contributed by atoms with Crippen molar-refractivity contribution in [3.05, 3.63) is 131 Å². The number of anilines is 3. The van der Waals surface area contributed by atoms with E-state index in [1.54, 1.807) is 0 Å². The van der Waals surface area contributed by atoms with Gasteiger partial charge in [-0.25, -0.2) is 0 Å². The summed E-state index contributed by atoms with van der Waals surface area (Å²) in [6.45, 7) is 11.7. The first-order chi connectivity index (χ1) is 22.7. The number of rotatable bonds is 0. The smallest absolute Gasteiger partial charge is 0.378 e. The van der Waals surface area contributed by atoms with Crippen molar-refractivity contribution in [2.24, 2.45) is 0 Å². The van der Waals surface area contributed by atoms with Crippen molar-refractivity contribution in [3.63, 3.8) is 0 Å². The maximum Gasteiger partial charge on any atom is 0.378 e. The molecule has 0 saturated carbocycles. The van der Waals surface area contributed by atoms with Crippen molar-refractivity contribution in [2.75, 3.05) is 4.90 Å². The van der Waals surface area contributed by atoms with E-state index < -0.39 is 5.66 Å². The second-order valence-electron chi connectivity index (χ2n) is 15.5. The van der Waals surface area contributed by atoms with Gasteiger partial charge in [0.15, 0.2) is 11.4 Å². The monoisotopic (exact) mass is 608 g/mol. The third kappa shape index (κ3) is 2.40. The van der Waals surface area contributed by atoms with E-state index in [1.165, 1.54) is 83.9 Å². The Labute approximate surface area is 272 Å². The fraction of sp³-hybridized carbons (Fsp3) is 0.190. The molecule has 5 nitrogen and oxygen atoms in total. The Bertz CT molecular complexity index is 2690. The normalized spacial score (nSPS) is 19.1. The van der Waals surface area contributed by atoms with Crippen molar-refractivity contribution in [1.29, 1.82) is 0 Å². The summed E-state index contributed by atoms with van der Waals surface area (Å²) in [6, 6.07) is 38.8. The van der Waals surface area contributed by atoms with Crippen LogP contribution >= 0.6 is 0 Å². The van der Waals surface area contributed by atoms with Crippen LogP contribution in [0.25, 0.3) is 38.9 Å². The Hall–Kier alpha value is -5.42. The van der Waals surface area contributed by atoms with Crippen LogP contribution in [0.2, 0.25) is 0 Å². The molecule has 3 aromatic heterocycles. The quantitative estimate of drug-likeness (QED) is 0.161. The third-order valence-corrected chi connectivity index (χ3v) is 11.8. The number of hydrogen-bond donors (Lipinski definition) is 0. The molecule has 1 spiro atoms. The molecule has 0 saturated heterocycles. The van der Waals surface area contributed by atoms with Gasteiger partial charge in [0.1, 0.15) is 16.8 Å². The van der Waals surface area contributed by atoms with Gasteiger partial charge in [-0.3, -0.25) is 0 Å². The Morgan fingerprint density at radius 2 is 1.45 bits per heavy atom. The summed E-state index contributed by atoms with van der Waals surface area (Å²) in [5.41, 5.74) is 14.1. The summed E-state index contributed by atoms with van der Waals surface area (Å²) < 4.78 is 14.8. The van der Waals surface area contributed by atoms with Gasteiger partial charge in [0.05, 0.1) is 28.4 Å². The summed E-state index contributed by atoms with van der Waals surface area (Å²) in [5.74, 6) is 3.07. The van der Waals surface area contributed by atoms with Crippen LogP contribution < -0.4 is 18.8 Å². The lowest BCUT2D eigenvalue weighted by Gasteiger charge is -2.44. The molecule has 1 atom stereocenters. The minimum Gasteiger partial charge on any atom is -0.404 e. The average Bonchev–Trinajstić information content (AvgIpc) is 3.56. The lowest BCUT2D eigenvalue weighted by Crippen LogP contribution is -2.76. The molecule has 8 heterocycles. The van der Waals surface area contributed by atoms with E-state index in [0.29, 0.717) is 0 Å². The SMILES string of the molecule is CC(C)(C)c1cc2[n+]3c(c1)-c1ccc4c5[n+]1C31c3c(cccc3-n3c6ccccc6c6ccc(c1c63)O2)N5c1ccccc1C4(C)C. The molecule has 0 N–H and O–H groups in total. The Morgan fingerprint density at radius 3 is 2.32 bits per heavy atom. The lowest BCUT2D eigenvalue weighted by molar-refractivity contribution is -0.936. The maximum atomic E-state index is 7.09. The number of aromatic nitrogens is 3. The molecular weight excluding hydrogens is 576 g/mol. The van der Waals surface area contributed by atoms with Crippen molar-refractivity contribution < 1.29 is 13.9 Å². The van der Waals surface area contributed by atoms with E-state index in [9.17, 15) is 0 Å². The largest absolute Gasteiger partial charge is 0.404 e. The van der Waals surface area contributed by atoms with Gasteiger partial charge in [0, 0.05) is 27.8 Å². The Kier molecular flexibility index (Phi) is 3.83. The maximum absolute atomic E-state index is 7.09. The van der Waals surface area contributed by atoms with Gasteiger partial charge in [-0.2, -0.15) is 4.90 Å². The first kappa shape index (κ1) is 24.8. The molecule has 0 amide bonds. The predicted octanol–water partition coefficient (Wildman–Crippen LogP) is 8.78. The molecule has 5 heteroatoms. The summed E-state index contributed by atoms with van der Waals surface area (Å²) in [5, 5.41) is 2.53. The number of ether oxygens (including phenoxy) is 1. The fourth-order valence-electron chi connectivity index (χ4n) is 9.84. The zero-order valence-electron chi connectivity index (χ0n) is 27.0. The van der Waals surface area contributed by atoms with Crippen LogP contribution in [0.5, 0.6) is 11.6 Å². The van der Waals surface area contributed by atoms with Crippen LogP contribution in [0.1, 0.15) is 62.4 Å². The summed E-state index contributed by atoms with van der Waals surface area (Å²) in [7, 11) is 0. The molecule has 7 aromatic rings. The van der Waals surface area contributed by atoms with Gasteiger partial charge in [-0.15, -0.1) is 9.13 Å². The molecule has 12 rings (SSSR count). The van der Waals surface area contributed by atoms with E-state index in [4.69, 9.17) is 4.74 Å². The van der Waals surface area contributed by atoms with E-state index in [0.717, 1.165) is 11.6 Å². The van der Waals surface area contributed by atoms with Crippen LogP contribution in [0.3, 0.4) is 0 Å². The first-order valence-electron chi connectivity index (χ1n) is 16.7. The number of nitrogens with zero attached hydrogens (tertiary/aromatic N) is 4.